The Balaban J connectivity index is 1.51. The lowest BCUT2D eigenvalue weighted by Gasteiger charge is -2.26. The third kappa shape index (κ3) is 4.54. The number of nitriles is 1. The Bertz CT molecular complexity index is 1050. The van der Waals surface area contributed by atoms with Gasteiger partial charge in [0.25, 0.3) is 0 Å². The Morgan fingerprint density at radius 2 is 1.93 bits per heavy atom. The third-order valence-electron chi connectivity index (χ3n) is 5.32. The van der Waals surface area contributed by atoms with E-state index in [-0.39, 0.29) is 0 Å². The molecule has 6 heteroatoms. The number of morpholine rings is 1. The predicted octanol–water partition coefficient (Wildman–Crippen LogP) is 3.92. The van der Waals surface area contributed by atoms with Gasteiger partial charge in [-0.2, -0.15) is 5.26 Å². The number of anilines is 1. The minimum absolute atomic E-state index is 0.386. The molecule has 30 heavy (non-hydrogen) atoms. The van der Waals surface area contributed by atoms with Gasteiger partial charge in [-0.1, -0.05) is 18.2 Å². The third-order valence-corrected chi connectivity index (χ3v) is 5.32. The van der Waals surface area contributed by atoms with Crippen LogP contribution in [0.2, 0.25) is 0 Å². The minimum atomic E-state index is 0.386. The molecule has 0 bridgehead atoms. The molecule has 4 rings (SSSR count). The number of aromatic nitrogens is 1. The van der Waals surface area contributed by atoms with Crippen LogP contribution in [0.1, 0.15) is 12.5 Å². The van der Waals surface area contributed by atoms with E-state index in [1.807, 2.05) is 19.1 Å². The molecule has 0 unspecified atom stereocenters. The molecule has 0 radical (unpaired) electrons. The van der Waals surface area contributed by atoms with Crippen molar-refractivity contribution in [3.8, 4) is 23.1 Å². The van der Waals surface area contributed by atoms with Gasteiger partial charge in [-0.15, -0.1) is 0 Å². The summed E-state index contributed by atoms with van der Waals surface area (Å²) >= 11 is 0. The topological polar surface area (TPSA) is 70.4 Å². The summed E-state index contributed by atoms with van der Waals surface area (Å²) < 4.78 is 10.9. The highest BCUT2D eigenvalue weighted by Gasteiger charge is 2.13. The van der Waals surface area contributed by atoms with Crippen molar-refractivity contribution in [2.45, 2.75) is 6.92 Å². The second-order valence-electron chi connectivity index (χ2n) is 7.24. The lowest BCUT2D eigenvalue weighted by molar-refractivity contribution is 0.0398. The Morgan fingerprint density at radius 1 is 1.13 bits per heavy atom. The summed E-state index contributed by atoms with van der Waals surface area (Å²) in [6.45, 7) is 7.96. The van der Waals surface area contributed by atoms with Crippen LogP contribution in [0.25, 0.3) is 21.9 Å². The maximum Gasteiger partial charge on any atom is 0.232 e. The first-order valence-electron chi connectivity index (χ1n) is 10.4. The molecule has 2 heterocycles. The highest BCUT2D eigenvalue weighted by atomic mass is 16.5. The summed E-state index contributed by atoms with van der Waals surface area (Å²) in [5.41, 5.74) is 3.41. The Kier molecular flexibility index (Phi) is 6.43. The smallest absolute Gasteiger partial charge is 0.232 e. The average Bonchev–Trinajstić information content (AvgIpc) is 2.79. The first-order chi connectivity index (χ1) is 14.8. The van der Waals surface area contributed by atoms with Crippen LogP contribution >= 0.6 is 0 Å². The fraction of sp³-hybridized carbons (Fsp3) is 0.333. The summed E-state index contributed by atoms with van der Waals surface area (Å²) in [7, 11) is 0. The van der Waals surface area contributed by atoms with Gasteiger partial charge in [-0.3, -0.25) is 4.90 Å². The molecule has 3 aromatic rings. The number of fused-ring (bicyclic) bond motifs is 1. The zero-order chi connectivity index (χ0) is 20.8. The molecule has 0 spiro atoms. The molecule has 1 saturated heterocycles. The molecule has 1 N–H and O–H groups in total. The molecule has 0 aliphatic carbocycles. The van der Waals surface area contributed by atoms with Crippen molar-refractivity contribution in [2.75, 3.05) is 51.3 Å². The number of ether oxygens (including phenoxy) is 2. The number of rotatable bonds is 7. The first kappa shape index (κ1) is 20.1. The van der Waals surface area contributed by atoms with Crippen LogP contribution in [-0.4, -0.2) is 55.9 Å². The van der Waals surface area contributed by atoms with E-state index in [1.54, 1.807) is 6.20 Å². The highest BCUT2D eigenvalue weighted by molar-refractivity contribution is 5.90. The van der Waals surface area contributed by atoms with Crippen molar-refractivity contribution in [3.05, 3.63) is 54.2 Å². The zero-order valence-electron chi connectivity index (χ0n) is 17.2. The van der Waals surface area contributed by atoms with Crippen LogP contribution < -0.4 is 10.1 Å². The lowest BCUT2D eigenvalue weighted by atomic mass is 9.98. The van der Waals surface area contributed by atoms with Crippen molar-refractivity contribution < 1.29 is 9.47 Å². The van der Waals surface area contributed by atoms with Crippen LogP contribution in [0.15, 0.2) is 48.7 Å². The molecule has 1 fully saturated rings. The molecule has 1 aliphatic rings. The summed E-state index contributed by atoms with van der Waals surface area (Å²) in [5.74, 6) is 0.386. The second-order valence-corrected chi connectivity index (χ2v) is 7.24. The molecule has 2 aromatic carbocycles. The summed E-state index contributed by atoms with van der Waals surface area (Å²) in [6.07, 6.45) is 1.69. The molecule has 154 valence electrons. The number of hydrogen-bond donors (Lipinski definition) is 1. The van der Waals surface area contributed by atoms with E-state index in [0.717, 1.165) is 67.0 Å². The van der Waals surface area contributed by atoms with Crippen LogP contribution in [0.3, 0.4) is 0 Å². The van der Waals surface area contributed by atoms with E-state index in [2.05, 4.69) is 51.6 Å². The van der Waals surface area contributed by atoms with Crippen molar-refractivity contribution >= 4 is 16.5 Å². The van der Waals surface area contributed by atoms with Gasteiger partial charge >= 0.3 is 0 Å². The van der Waals surface area contributed by atoms with Gasteiger partial charge in [-0.05, 0) is 47.5 Å². The first-order valence-corrected chi connectivity index (χ1v) is 10.4. The van der Waals surface area contributed by atoms with E-state index >= 15 is 0 Å². The fourth-order valence-corrected chi connectivity index (χ4v) is 3.74. The van der Waals surface area contributed by atoms with Gasteiger partial charge in [0.2, 0.25) is 5.88 Å². The van der Waals surface area contributed by atoms with Crippen LogP contribution in [0.4, 0.5) is 5.69 Å². The molecule has 6 nitrogen and oxygen atoms in total. The highest BCUT2D eigenvalue weighted by Crippen LogP contribution is 2.31. The molecule has 0 atom stereocenters. The summed E-state index contributed by atoms with van der Waals surface area (Å²) in [4.78, 5) is 6.62. The number of nitrogens with zero attached hydrogens (tertiary/aromatic N) is 3. The maximum absolute atomic E-state index is 9.62. The second kappa shape index (κ2) is 9.57. The molecular formula is C24H26N4O2. The SMILES string of the molecule is CCOc1nccc(-c2ccc3cc(NCCN4CCOCC4)ccc3c2)c1C#N. The molecular weight excluding hydrogens is 376 g/mol. The quantitative estimate of drug-likeness (QED) is 0.646. The average molecular weight is 402 g/mol. The van der Waals surface area contributed by atoms with Gasteiger partial charge in [-0.25, -0.2) is 4.98 Å². The maximum atomic E-state index is 9.62. The van der Waals surface area contributed by atoms with Crippen LogP contribution in [0.5, 0.6) is 5.88 Å². The predicted molar refractivity (Wildman–Crippen MR) is 119 cm³/mol. The monoisotopic (exact) mass is 402 g/mol. The van der Waals surface area contributed by atoms with E-state index < -0.39 is 0 Å². The van der Waals surface area contributed by atoms with Crippen molar-refractivity contribution in [3.63, 3.8) is 0 Å². The van der Waals surface area contributed by atoms with Gasteiger partial charge in [0.1, 0.15) is 11.6 Å². The minimum Gasteiger partial charge on any atom is -0.477 e. The van der Waals surface area contributed by atoms with Gasteiger partial charge in [0.15, 0.2) is 0 Å². The van der Waals surface area contributed by atoms with Crippen molar-refractivity contribution in [1.29, 1.82) is 5.26 Å². The van der Waals surface area contributed by atoms with E-state index in [9.17, 15) is 5.26 Å². The number of benzene rings is 2. The van der Waals surface area contributed by atoms with Crippen LogP contribution in [-0.2, 0) is 4.74 Å². The molecule has 1 aromatic heterocycles. The normalized spacial score (nSPS) is 14.4. The fourth-order valence-electron chi connectivity index (χ4n) is 3.74. The number of nitrogens with one attached hydrogen (secondary N) is 1. The summed E-state index contributed by atoms with van der Waals surface area (Å²) in [5, 5.41) is 15.4. The largest absolute Gasteiger partial charge is 0.477 e. The number of pyridine rings is 1. The molecule has 0 saturated carbocycles. The zero-order valence-corrected chi connectivity index (χ0v) is 17.2. The van der Waals surface area contributed by atoms with Crippen LogP contribution in [0, 0.1) is 11.3 Å². The van der Waals surface area contributed by atoms with Crippen molar-refractivity contribution in [1.82, 2.24) is 9.88 Å². The molecule has 0 amide bonds. The van der Waals surface area contributed by atoms with Gasteiger partial charge < -0.3 is 14.8 Å². The lowest BCUT2D eigenvalue weighted by Crippen LogP contribution is -2.38. The van der Waals surface area contributed by atoms with Crippen molar-refractivity contribution in [2.24, 2.45) is 0 Å². The summed E-state index contributed by atoms with van der Waals surface area (Å²) in [6, 6.07) is 16.8. The van der Waals surface area contributed by atoms with E-state index in [4.69, 9.17) is 9.47 Å². The van der Waals surface area contributed by atoms with Gasteiger partial charge in [0.05, 0.1) is 19.8 Å². The Morgan fingerprint density at radius 3 is 2.73 bits per heavy atom. The van der Waals surface area contributed by atoms with E-state index in [1.165, 1.54) is 0 Å². The Hall–Kier alpha value is -3.14. The Labute approximate surface area is 177 Å². The van der Waals surface area contributed by atoms with Gasteiger partial charge in [0, 0.05) is 43.6 Å². The van der Waals surface area contributed by atoms with E-state index in [0.29, 0.717) is 18.1 Å². The number of hydrogen-bond acceptors (Lipinski definition) is 6. The molecule has 1 aliphatic heterocycles. The standard InChI is InChI=1S/C24H26N4O2/c1-2-30-24-23(17-25)22(7-8-27-24)20-4-3-19-16-21(6-5-18(19)15-20)26-9-10-28-11-13-29-14-12-28/h3-8,15-16,26H,2,9-14H2,1H3.